The number of fused-ring (bicyclic) bond motifs is 2. The van der Waals surface area contributed by atoms with Crippen molar-refractivity contribution in [3.8, 4) is 11.5 Å². The third-order valence-corrected chi connectivity index (χ3v) is 4.55. The highest BCUT2D eigenvalue weighted by Crippen LogP contribution is 2.53. The molecule has 0 radical (unpaired) electrons. The average Bonchev–Trinajstić information content (AvgIpc) is 2.42. The van der Waals surface area contributed by atoms with E-state index in [1.165, 1.54) is 24.3 Å². The van der Waals surface area contributed by atoms with Gasteiger partial charge in [-0.05, 0) is 29.3 Å². The van der Waals surface area contributed by atoms with Crippen molar-refractivity contribution in [1.29, 1.82) is 0 Å². The average molecular weight is 286 g/mol. The van der Waals surface area contributed by atoms with Crippen molar-refractivity contribution < 1.29 is 24.9 Å². The van der Waals surface area contributed by atoms with Crippen LogP contribution in [0.2, 0.25) is 0 Å². The van der Waals surface area contributed by atoms with Crippen LogP contribution in [0.25, 0.3) is 0 Å². The van der Waals surface area contributed by atoms with Crippen molar-refractivity contribution in [2.45, 2.75) is 23.9 Å². The van der Waals surface area contributed by atoms with E-state index in [1.807, 2.05) is 0 Å². The normalized spacial score (nSPS) is 32.8. The lowest BCUT2D eigenvalue weighted by molar-refractivity contribution is -0.113. The van der Waals surface area contributed by atoms with Crippen molar-refractivity contribution in [3.63, 3.8) is 0 Å². The zero-order valence-electron chi connectivity index (χ0n) is 11.2. The standard InChI is InChI=1S/C16H14O5/c17-10-1-2-16-7-15(20,8-21-14(16)4-10)6-9-3-12(18)13(19)5-11(9)16/h1-5,18-20H,6-8H2/t15-,16-/m0/s1. The van der Waals surface area contributed by atoms with Crippen LogP contribution in [-0.2, 0) is 21.4 Å². The van der Waals surface area contributed by atoms with E-state index in [2.05, 4.69) is 0 Å². The number of hydrogen-bond acceptors (Lipinski definition) is 5. The third-order valence-electron chi connectivity index (χ3n) is 4.55. The van der Waals surface area contributed by atoms with Crippen LogP contribution in [0.1, 0.15) is 17.5 Å². The lowest BCUT2D eigenvalue weighted by Gasteiger charge is -2.50. The fourth-order valence-corrected chi connectivity index (χ4v) is 3.68. The molecular weight excluding hydrogens is 272 g/mol. The number of phenolic OH excluding ortho intramolecular Hbond substituents is 2. The molecule has 21 heavy (non-hydrogen) atoms. The smallest absolute Gasteiger partial charge is 0.181 e. The Kier molecular flexibility index (Phi) is 2.18. The zero-order chi connectivity index (χ0) is 14.8. The Balaban J connectivity index is 2.01. The number of aromatic hydroxyl groups is 2. The minimum atomic E-state index is -1.04. The summed E-state index contributed by atoms with van der Waals surface area (Å²) in [4.78, 5) is 11.6. The first-order valence-corrected chi connectivity index (χ1v) is 6.78. The van der Waals surface area contributed by atoms with Gasteiger partial charge >= 0.3 is 0 Å². The molecule has 1 spiro atoms. The molecule has 0 aromatic heterocycles. The molecule has 108 valence electrons. The summed E-state index contributed by atoms with van der Waals surface area (Å²) < 4.78 is 5.63. The predicted octanol–water partition coefficient (Wildman–Crippen LogP) is 1.07. The van der Waals surface area contributed by atoms with Crippen LogP contribution in [0.15, 0.2) is 36.1 Å². The molecule has 0 saturated carbocycles. The van der Waals surface area contributed by atoms with Crippen LogP contribution in [0.3, 0.4) is 0 Å². The molecule has 1 fully saturated rings. The second-order valence-corrected chi connectivity index (χ2v) is 6.08. The van der Waals surface area contributed by atoms with Crippen molar-refractivity contribution in [2.24, 2.45) is 0 Å². The minimum absolute atomic E-state index is 0.114. The number of ketones is 1. The van der Waals surface area contributed by atoms with Gasteiger partial charge < -0.3 is 20.1 Å². The van der Waals surface area contributed by atoms with Crippen LogP contribution in [0, 0.1) is 0 Å². The summed E-state index contributed by atoms with van der Waals surface area (Å²) >= 11 is 0. The summed E-state index contributed by atoms with van der Waals surface area (Å²) in [6, 6.07) is 2.97. The maximum atomic E-state index is 11.6. The van der Waals surface area contributed by atoms with E-state index in [9.17, 15) is 20.1 Å². The topological polar surface area (TPSA) is 87.0 Å². The number of ether oxygens (including phenoxy) is 1. The lowest BCUT2D eigenvalue weighted by Crippen LogP contribution is -2.54. The Morgan fingerprint density at radius 2 is 1.95 bits per heavy atom. The number of aliphatic hydroxyl groups is 1. The number of benzene rings is 1. The summed E-state index contributed by atoms with van der Waals surface area (Å²) in [6.45, 7) is 0.114. The molecule has 4 rings (SSSR count). The number of carbonyl (C=O) groups excluding carboxylic acids is 1. The van der Waals surface area contributed by atoms with Crippen LogP contribution in [0.5, 0.6) is 11.5 Å². The second kappa shape index (κ2) is 3.68. The lowest BCUT2D eigenvalue weighted by atomic mass is 9.60. The molecule has 0 amide bonds. The van der Waals surface area contributed by atoms with Gasteiger partial charge in [-0.2, -0.15) is 0 Å². The molecule has 0 unspecified atom stereocenters. The van der Waals surface area contributed by atoms with Crippen LogP contribution < -0.4 is 0 Å². The zero-order valence-corrected chi connectivity index (χ0v) is 11.2. The minimum Gasteiger partial charge on any atom is -0.504 e. The fourth-order valence-electron chi connectivity index (χ4n) is 3.68. The highest BCUT2D eigenvalue weighted by atomic mass is 16.5. The second-order valence-electron chi connectivity index (χ2n) is 6.08. The molecule has 3 N–H and O–H groups in total. The highest BCUT2D eigenvalue weighted by molar-refractivity contribution is 6.01. The number of hydrogen-bond donors (Lipinski definition) is 3. The predicted molar refractivity (Wildman–Crippen MR) is 72.9 cm³/mol. The van der Waals surface area contributed by atoms with E-state index in [0.717, 1.165) is 11.1 Å². The highest BCUT2D eigenvalue weighted by Gasteiger charge is 2.54. The maximum absolute atomic E-state index is 11.6. The van der Waals surface area contributed by atoms with Gasteiger partial charge in [0.05, 0.1) is 5.41 Å². The summed E-state index contributed by atoms with van der Waals surface area (Å²) in [5, 5.41) is 30.2. The Morgan fingerprint density at radius 3 is 2.76 bits per heavy atom. The molecule has 2 atom stereocenters. The molecule has 1 aliphatic heterocycles. The van der Waals surface area contributed by atoms with Crippen molar-refractivity contribution in [1.82, 2.24) is 0 Å². The molecule has 1 heterocycles. The summed E-state index contributed by atoms with van der Waals surface area (Å²) in [5.41, 5.74) is -0.276. The molecule has 1 aromatic carbocycles. The molecular formula is C16H14O5. The van der Waals surface area contributed by atoms with Gasteiger partial charge in [0.1, 0.15) is 18.0 Å². The van der Waals surface area contributed by atoms with E-state index in [-0.39, 0.29) is 23.9 Å². The van der Waals surface area contributed by atoms with Gasteiger partial charge in [0.15, 0.2) is 17.3 Å². The molecule has 2 bridgehead atoms. The van der Waals surface area contributed by atoms with E-state index in [1.54, 1.807) is 6.08 Å². The monoisotopic (exact) mass is 286 g/mol. The fraction of sp³-hybridized carbons (Fsp3) is 0.312. The number of phenols is 2. The van der Waals surface area contributed by atoms with Gasteiger partial charge in [0, 0.05) is 18.9 Å². The Bertz CT molecular complexity index is 732. The molecule has 5 nitrogen and oxygen atoms in total. The Hall–Kier alpha value is -2.27. The van der Waals surface area contributed by atoms with Crippen LogP contribution >= 0.6 is 0 Å². The number of carbonyl (C=O) groups is 1. The molecule has 1 saturated heterocycles. The van der Waals surface area contributed by atoms with Crippen LogP contribution in [0.4, 0.5) is 0 Å². The summed E-state index contributed by atoms with van der Waals surface area (Å²) in [6.07, 6.45) is 5.35. The van der Waals surface area contributed by atoms with Gasteiger partial charge in [-0.25, -0.2) is 0 Å². The summed E-state index contributed by atoms with van der Waals surface area (Å²) in [5.74, 6) is -0.0956. The van der Waals surface area contributed by atoms with Crippen molar-refractivity contribution in [3.05, 3.63) is 47.2 Å². The number of rotatable bonds is 0. The van der Waals surface area contributed by atoms with E-state index in [0.29, 0.717) is 18.6 Å². The van der Waals surface area contributed by atoms with Gasteiger partial charge in [-0.15, -0.1) is 0 Å². The molecule has 3 aliphatic rings. The largest absolute Gasteiger partial charge is 0.504 e. The SMILES string of the molecule is O=C1C=C[C@@]23C[C@](O)(COC2=C1)Cc1cc(O)c(O)cc13. The van der Waals surface area contributed by atoms with E-state index < -0.39 is 11.0 Å². The first-order chi connectivity index (χ1) is 9.92. The van der Waals surface area contributed by atoms with Gasteiger partial charge in [-0.1, -0.05) is 6.08 Å². The third kappa shape index (κ3) is 1.58. The molecule has 1 aromatic rings. The molecule has 5 heteroatoms. The van der Waals surface area contributed by atoms with Crippen molar-refractivity contribution in [2.75, 3.05) is 6.61 Å². The quantitative estimate of drug-likeness (QED) is 0.621. The molecule has 2 aliphatic carbocycles. The van der Waals surface area contributed by atoms with Crippen LogP contribution in [-0.4, -0.2) is 33.3 Å². The van der Waals surface area contributed by atoms with Gasteiger partial charge in [0.25, 0.3) is 0 Å². The van der Waals surface area contributed by atoms with E-state index in [4.69, 9.17) is 4.74 Å². The first kappa shape index (κ1) is 12.5. The van der Waals surface area contributed by atoms with E-state index >= 15 is 0 Å². The Morgan fingerprint density at radius 1 is 1.19 bits per heavy atom. The maximum Gasteiger partial charge on any atom is 0.181 e. The van der Waals surface area contributed by atoms with Gasteiger partial charge in [0.2, 0.25) is 0 Å². The van der Waals surface area contributed by atoms with Crippen molar-refractivity contribution >= 4 is 5.78 Å². The Labute approximate surface area is 120 Å². The first-order valence-electron chi connectivity index (χ1n) is 6.78. The van der Waals surface area contributed by atoms with Gasteiger partial charge in [-0.3, -0.25) is 4.79 Å². The summed E-state index contributed by atoms with van der Waals surface area (Å²) in [7, 11) is 0. The number of allylic oxidation sites excluding steroid dienone is 3.